The fraction of sp³-hybridized carbons (Fsp3) is 0.258. The zero-order valence-corrected chi connectivity index (χ0v) is 24.6. The van der Waals surface area contributed by atoms with E-state index < -0.39 is 5.91 Å². The van der Waals surface area contributed by atoms with Crippen molar-refractivity contribution in [3.63, 3.8) is 0 Å². The molecule has 0 radical (unpaired) electrons. The number of carbonyl (C=O) groups excluding carboxylic acids is 3. The third kappa shape index (κ3) is 11.1. The van der Waals surface area contributed by atoms with Crippen LogP contribution in [0.4, 0.5) is 11.4 Å². The number of carbonyl (C=O) groups is 3. The second-order valence-corrected chi connectivity index (χ2v) is 8.42. The first kappa shape index (κ1) is 33.0. The van der Waals surface area contributed by atoms with E-state index in [0.29, 0.717) is 28.4 Å². The van der Waals surface area contributed by atoms with Crippen LogP contribution in [0.2, 0.25) is 0 Å². The molecule has 11 nitrogen and oxygen atoms in total. The second kappa shape index (κ2) is 18.2. The molecule has 0 unspecified atom stereocenters. The molecule has 0 aromatic heterocycles. The van der Waals surface area contributed by atoms with Gasteiger partial charge >= 0.3 is 0 Å². The topological polar surface area (TPSA) is 134 Å². The first-order valence-electron chi connectivity index (χ1n) is 13.4. The molecule has 0 heterocycles. The third-order valence-electron chi connectivity index (χ3n) is 5.41. The summed E-state index contributed by atoms with van der Waals surface area (Å²) < 4.78 is 10.5. The summed E-state index contributed by atoms with van der Waals surface area (Å²) in [6.07, 6.45) is 3.00. The summed E-state index contributed by atoms with van der Waals surface area (Å²) in [5, 5.41) is 17.6. The molecular formula is C31H38N6O5. The number of ether oxygens (including phenoxy) is 2. The van der Waals surface area contributed by atoms with Crippen molar-refractivity contribution in [2.75, 3.05) is 51.5 Å². The summed E-state index contributed by atoms with van der Waals surface area (Å²) in [5.74, 6) is 0.141. The molecule has 3 amide bonds. The predicted octanol–water partition coefficient (Wildman–Crippen LogP) is 5.05. The number of para-hydroxylation sites is 2. The summed E-state index contributed by atoms with van der Waals surface area (Å²) in [6, 6.07) is 21.1. The smallest absolute Gasteiger partial charge is 0.253 e. The van der Waals surface area contributed by atoms with Crippen LogP contribution in [0.25, 0.3) is 6.08 Å². The number of hydrogen-bond acceptors (Lipinski definition) is 7. The fourth-order valence-corrected chi connectivity index (χ4v) is 3.52. The Bertz CT molecular complexity index is 1360. The van der Waals surface area contributed by atoms with E-state index in [0.717, 1.165) is 5.56 Å². The van der Waals surface area contributed by atoms with Gasteiger partial charge in [-0.1, -0.05) is 55.5 Å². The van der Waals surface area contributed by atoms with Crippen LogP contribution in [0.15, 0.2) is 89.2 Å². The molecule has 222 valence electrons. The molecule has 3 N–H and O–H groups in total. The Balaban J connectivity index is 0.00000301. The number of likely N-dealkylation sites (N-methyl/N-ethyl adjacent to an activating group) is 1. The summed E-state index contributed by atoms with van der Waals surface area (Å²) in [7, 11) is 4.72. The number of rotatable bonds is 13. The van der Waals surface area contributed by atoms with Crippen LogP contribution in [-0.2, 0) is 9.59 Å². The minimum absolute atomic E-state index is 0.0261. The predicted molar refractivity (Wildman–Crippen MR) is 165 cm³/mol. The quantitative estimate of drug-likeness (QED) is 0.113. The molecule has 3 aromatic rings. The lowest BCUT2D eigenvalue weighted by molar-refractivity contribution is -0.117. The van der Waals surface area contributed by atoms with Crippen molar-refractivity contribution in [1.29, 1.82) is 0 Å². The van der Waals surface area contributed by atoms with Crippen LogP contribution in [-0.4, -0.2) is 63.6 Å². The maximum atomic E-state index is 12.7. The van der Waals surface area contributed by atoms with E-state index in [2.05, 4.69) is 26.3 Å². The van der Waals surface area contributed by atoms with E-state index in [-0.39, 0.29) is 31.4 Å². The Morgan fingerprint density at radius 2 is 1.57 bits per heavy atom. The van der Waals surface area contributed by atoms with E-state index in [1.54, 1.807) is 74.8 Å². The number of nitrogens with zero attached hydrogens (tertiary/aromatic N) is 3. The van der Waals surface area contributed by atoms with Gasteiger partial charge in [-0.3, -0.25) is 19.4 Å². The lowest BCUT2D eigenvalue weighted by Crippen LogP contribution is -2.28. The fourth-order valence-electron chi connectivity index (χ4n) is 3.52. The second-order valence-electron chi connectivity index (χ2n) is 8.42. The van der Waals surface area contributed by atoms with Crippen LogP contribution in [0.5, 0.6) is 11.5 Å². The van der Waals surface area contributed by atoms with Gasteiger partial charge in [0, 0.05) is 25.4 Å². The van der Waals surface area contributed by atoms with Crippen LogP contribution >= 0.6 is 0 Å². The van der Waals surface area contributed by atoms with Gasteiger partial charge in [0.25, 0.3) is 5.91 Å². The van der Waals surface area contributed by atoms with Gasteiger partial charge in [-0.15, -0.1) is 0 Å². The minimum Gasteiger partial charge on any atom is -0.493 e. The maximum Gasteiger partial charge on any atom is 0.253 e. The number of benzene rings is 3. The van der Waals surface area contributed by atoms with Gasteiger partial charge in [0.15, 0.2) is 11.5 Å². The Morgan fingerprint density at radius 1 is 0.881 bits per heavy atom. The van der Waals surface area contributed by atoms with E-state index >= 15 is 0 Å². The van der Waals surface area contributed by atoms with Gasteiger partial charge in [0.1, 0.15) is 6.54 Å². The highest BCUT2D eigenvalue weighted by molar-refractivity contribution is 6.07. The van der Waals surface area contributed by atoms with Crippen molar-refractivity contribution >= 4 is 35.2 Å². The number of hydrogen-bond donors (Lipinski definition) is 3. The standard InChI is InChI=1S/C29H32N6O5.C2H6/c1-35(20-28(37)32-22-9-5-4-6-10-22)34-31-18-17-30-29(38)23-11-7-8-12-24(23)33-27(36)16-14-21-13-15-25(39-2)26(19-21)40-3;1-2/h4-16,19H,17-18,20H2,1-3H3,(H,30,38)(H,32,37)(H,33,36);1-2H3/b16-14+,34-31?;. The Hall–Kier alpha value is -5.19. The van der Waals surface area contributed by atoms with Gasteiger partial charge in [0.2, 0.25) is 11.8 Å². The van der Waals surface area contributed by atoms with Crippen LogP contribution < -0.4 is 25.4 Å². The molecule has 3 aromatic carbocycles. The molecule has 0 saturated heterocycles. The zero-order valence-electron chi connectivity index (χ0n) is 24.6. The van der Waals surface area contributed by atoms with Gasteiger partial charge < -0.3 is 25.4 Å². The van der Waals surface area contributed by atoms with Crippen LogP contribution in [0, 0.1) is 0 Å². The minimum atomic E-state index is -0.400. The highest BCUT2D eigenvalue weighted by Gasteiger charge is 2.12. The maximum absolute atomic E-state index is 12.7. The molecular weight excluding hydrogens is 536 g/mol. The molecule has 0 saturated carbocycles. The summed E-state index contributed by atoms with van der Waals surface area (Å²) in [6.45, 7) is 4.45. The molecule has 0 aliphatic carbocycles. The average Bonchev–Trinajstić information content (AvgIpc) is 3.01. The monoisotopic (exact) mass is 574 g/mol. The summed E-state index contributed by atoms with van der Waals surface area (Å²) in [5.41, 5.74) is 2.12. The van der Waals surface area contributed by atoms with Gasteiger partial charge in [-0.25, -0.2) is 0 Å². The molecule has 0 aliphatic heterocycles. The lowest BCUT2D eigenvalue weighted by atomic mass is 10.1. The van der Waals surface area contributed by atoms with Crippen molar-refractivity contribution in [3.8, 4) is 11.5 Å². The molecule has 0 bridgehead atoms. The van der Waals surface area contributed by atoms with Crippen molar-refractivity contribution in [2.24, 2.45) is 10.3 Å². The highest BCUT2D eigenvalue weighted by atomic mass is 16.5. The van der Waals surface area contributed by atoms with Crippen LogP contribution in [0.3, 0.4) is 0 Å². The molecule has 11 heteroatoms. The first-order chi connectivity index (χ1) is 20.4. The van der Waals surface area contributed by atoms with Crippen molar-refractivity contribution in [3.05, 3.63) is 90.0 Å². The molecule has 0 fully saturated rings. The van der Waals surface area contributed by atoms with E-state index in [9.17, 15) is 14.4 Å². The Morgan fingerprint density at radius 3 is 2.29 bits per heavy atom. The molecule has 0 spiro atoms. The first-order valence-corrected chi connectivity index (χ1v) is 13.4. The number of nitrogens with one attached hydrogen (secondary N) is 3. The van der Waals surface area contributed by atoms with E-state index in [1.807, 2.05) is 32.0 Å². The van der Waals surface area contributed by atoms with E-state index in [1.165, 1.54) is 18.2 Å². The van der Waals surface area contributed by atoms with Crippen molar-refractivity contribution in [1.82, 2.24) is 10.3 Å². The van der Waals surface area contributed by atoms with Crippen LogP contribution in [0.1, 0.15) is 29.8 Å². The Labute approximate surface area is 246 Å². The third-order valence-corrected chi connectivity index (χ3v) is 5.41. The number of methoxy groups -OCH3 is 2. The normalized spacial score (nSPS) is 10.4. The SMILES string of the molecule is CC.COc1ccc(/C=C/C(=O)Nc2ccccc2C(=O)NCCN=NN(C)CC(=O)Nc2ccccc2)cc1OC. The van der Waals surface area contributed by atoms with E-state index in [4.69, 9.17) is 9.47 Å². The Kier molecular flexibility index (Phi) is 14.3. The van der Waals surface area contributed by atoms with Gasteiger partial charge in [-0.2, -0.15) is 5.11 Å². The molecule has 3 rings (SSSR count). The highest BCUT2D eigenvalue weighted by Crippen LogP contribution is 2.28. The average molecular weight is 575 g/mol. The van der Waals surface area contributed by atoms with Gasteiger partial charge in [-0.05, 0) is 48.0 Å². The van der Waals surface area contributed by atoms with Crippen molar-refractivity contribution < 1.29 is 23.9 Å². The molecule has 0 atom stereocenters. The molecule has 0 aliphatic rings. The summed E-state index contributed by atoms with van der Waals surface area (Å²) in [4.78, 5) is 37.3. The number of anilines is 2. The zero-order chi connectivity index (χ0) is 30.7. The molecule has 42 heavy (non-hydrogen) atoms. The summed E-state index contributed by atoms with van der Waals surface area (Å²) >= 11 is 0. The largest absolute Gasteiger partial charge is 0.493 e. The lowest BCUT2D eigenvalue weighted by Gasteiger charge is -2.12. The van der Waals surface area contributed by atoms with Crippen molar-refractivity contribution in [2.45, 2.75) is 13.8 Å². The number of amides is 3. The van der Waals surface area contributed by atoms with Gasteiger partial charge in [0.05, 0.1) is 32.0 Å².